The van der Waals surface area contributed by atoms with Crippen molar-refractivity contribution in [2.45, 2.75) is 59.4 Å². The summed E-state index contributed by atoms with van der Waals surface area (Å²) < 4.78 is 0. The van der Waals surface area contributed by atoms with Crippen molar-refractivity contribution in [2.24, 2.45) is 11.8 Å². The summed E-state index contributed by atoms with van der Waals surface area (Å²) in [5, 5.41) is 11.6. The van der Waals surface area contributed by atoms with Crippen molar-refractivity contribution < 1.29 is 14.7 Å². The predicted octanol–water partition coefficient (Wildman–Crippen LogP) is 2.43. The van der Waals surface area contributed by atoms with Crippen LogP contribution in [0.1, 0.15) is 53.4 Å². The average molecular weight is 243 g/mol. The first-order chi connectivity index (χ1) is 7.86. The summed E-state index contributed by atoms with van der Waals surface area (Å²) in [7, 11) is 0. The third kappa shape index (κ3) is 7.77. The number of hydrogen-bond donors (Lipinski definition) is 2. The maximum atomic E-state index is 11.7. The van der Waals surface area contributed by atoms with E-state index in [2.05, 4.69) is 12.2 Å². The summed E-state index contributed by atoms with van der Waals surface area (Å²) in [6.45, 7) is 7.98. The molecule has 4 nitrogen and oxygen atoms in total. The topological polar surface area (TPSA) is 66.4 Å². The maximum absolute atomic E-state index is 11.7. The van der Waals surface area contributed by atoms with Gasteiger partial charge in [0, 0.05) is 6.42 Å². The fraction of sp³-hybridized carbons (Fsp3) is 0.846. The first-order valence-corrected chi connectivity index (χ1v) is 6.38. The number of carboxylic acids is 1. The Morgan fingerprint density at radius 1 is 1.24 bits per heavy atom. The molecule has 0 aromatic heterocycles. The molecule has 17 heavy (non-hydrogen) atoms. The summed E-state index contributed by atoms with van der Waals surface area (Å²) in [5.74, 6) is -0.535. The molecule has 0 saturated heterocycles. The number of carboxylic acid groups (broad SMARTS) is 1. The number of amides is 1. The van der Waals surface area contributed by atoms with Crippen molar-refractivity contribution in [2.75, 3.05) is 0 Å². The van der Waals surface area contributed by atoms with Gasteiger partial charge in [-0.2, -0.15) is 0 Å². The molecule has 0 saturated carbocycles. The Bertz CT molecular complexity index is 251. The summed E-state index contributed by atoms with van der Waals surface area (Å²) in [4.78, 5) is 22.6. The zero-order valence-electron chi connectivity index (χ0n) is 11.3. The number of carbonyl (C=O) groups is 2. The summed E-state index contributed by atoms with van der Waals surface area (Å²) in [5.41, 5.74) is 0. The average Bonchev–Trinajstić information content (AvgIpc) is 2.15. The second-order valence-corrected chi connectivity index (χ2v) is 5.19. The van der Waals surface area contributed by atoms with E-state index < -0.39 is 12.0 Å². The molecule has 0 bridgehead atoms. The van der Waals surface area contributed by atoms with E-state index in [0.29, 0.717) is 18.8 Å². The lowest BCUT2D eigenvalue weighted by Crippen LogP contribution is -2.42. The van der Waals surface area contributed by atoms with Gasteiger partial charge in [0.15, 0.2) is 0 Å². The molecule has 0 aromatic carbocycles. The Hall–Kier alpha value is -1.06. The van der Waals surface area contributed by atoms with Gasteiger partial charge >= 0.3 is 5.97 Å². The molecule has 1 amide bonds. The summed E-state index contributed by atoms with van der Waals surface area (Å²) >= 11 is 0. The van der Waals surface area contributed by atoms with E-state index in [9.17, 15) is 9.59 Å². The minimum absolute atomic E-state index is 0.154. The standard InChI is InChI=1S/C13H25NO3/c1-5-6-10(4)8-12(15)14-11(13(16)17)7-9(2)3/h9-11H,5-8H2,1-4H3,(H,14,15)(H,16,17)/t10?,11-/m1/s1. The monoisotopic (exact) mass is 243 g/mol. The molecule has 0 aliphatic rings. The normalized spacial score (nSPS) is 14.4. The minimum Gasteiger partial charge on any atom is -0.480 e. The van der Waals surface area contributed by atoms with Crippen LogP contribution >= 0.6 is 0 Å². The number of rotatable bonds is 8. The smallest absolute Gasteiger partial charge is 0.326 e. The lowest BCUT2D eigenvalue weighted by atomic mass is 10.0. The van der Waals surface area contributed by atoms with E-state index in [1.807, 2.05) is 20.8 Å². The first-order valence-electron chi connectivity index (χ1n) is 6.38. The van der Waals surface area contributed by atoms with E-state index in [-0.39, 0.29) is 11.8 Å². The van der Waals surface area contributed by atoms with Crippen molar-refractivity contribution in [1.29, 1.82) is 0 Å². The van der Waals surface area contributed by atoms with Gasteiger partial charge in [-0.05, 0) is 18.3 Å². The van der Waals surface area contributed by atoms with Gasteiger partial charge in [-0.3, -0.25) is 4.79 Å². The second kappa shape index (κ2) is 8.09. The van der Waals surface area contributed by atoms with Crippen LogP contribution in [-0.2, 0) is 9.59 Å². The van der Waals surface area contributed by atoms with Crippen LogP contribution in [0.2, 0.25) is 0 Å². The van der Waals surface area contributed by atoms with Crippen LogP contribution in [0.4, 0.5) is 0 Å². The Morgan fingerprint density at radius 3 is 2.24 bits per heavy atom. The van der Waals surface area contributed by atoms with Gasteiger partial charge in [0.25, 0.3) is 0 Å². The number of carbonyl (C=O) groups excluding carboxylic acids is 1. The van der Waals surface area contributed by atoms with Gasteiger partial charge in [0.1, 0.15) is 6.04 Å². The van der Waals surface area contributed by atoms with Gasteiger partial charge in [-0.1, -0.05) is 40.5 Å². The third-order valence-corrected chi connectivity index (χ3v) is 2.66. The zero-order valence-corrected chi connectivity index (χ0v) is 11.3. The number of aliphatic carboxylic acids is 1. The molecule has 0 aliphatic carbocycles. The fourth-order valence-corrected chi connectivity index (χ4v) is 1.86. The van der Waals surface area contributed by atoms with Crippen molar-refractivity contribution in [3.05, 3.63) is 0 Å². The zero-order chi connectivity index (χ0) is 13.4. The molecule has 0 spiro atoms. The molecular formula is C13H25NO3. The highest BCUT2D eigenvalue weighted by molar-refractivity contribution is 5.83. The highest BCUT2D eigenvalue weighted by Crippen LogP contribution is 2.11. The molecule has 2 N–H and O–H groups in total. The van der Waals surface area contributed by atoms with Crippen LogP contribution in [0.3, 0.4) is 0 Å². The molecule has 1 unspecified atom stereocenters. The Balaban J connectivity index is 4.17. The molecule has 0 aromatic rings. The van der Waals surface area contributed by atoms with Gasteiger partial charge in [-0.25, -0.2) is 4.79 Å². The number of hydrogen-bond acceptors (Lipinski definition) is 2. The molecule has 0 heterocycles. The predicted molar refractivity (Wildman–Crippen MR) is 67.7 cm³/mol. The third-order valence-electron chi connectivity index (χ3n) is 2.66. The largest absolute Gasteiger partial charge is 0.480 e. The van der Waals surface area contributed by atoms with Gasteiger partial charge < -0.3 is 10.4 Å². The van der Waals surface area contributed by atoms with Crippen LogP contribution in [0, 0.1) is 11.8 Å². The van der Waals surface area contributed by atoms with Crippen LogP contribution in [0.5, 0.6) is 0 Å². The van der Waals surface area contributed by atoms with E-state index in [4.69, 9.17) is 5.11 Å². The highest BCUT2D eigenvalue weighted by atomic mass is 16.4. The molecule has 100 valence electrons. The van der Waals surface area contributed by atoms with Crippen molar-refractivity contribution >= 4 is 11.9 Å². The highest BCUT2D eigenvalue weighted by Gasteiger charge is 2.21. The SMILES string of the molecule is CCCC(C)CC(=O)N[C@H](CC(C)C)C(=O)O. The number of nitrogens with one attached hydrogen (secondary N) is 1. The van der Waals surface area contributed by atoms with Gasteiger partial charge in [-0.15, -0.1) is 0 Å². The first kappa shape index (κ1) is 15.9. The van der Waals surface area contributed by atoms with Crippen LogP contribution in [0.25, 0.3) is 0 Å². The minimum atomic E-state index is -0.949. The molecular weight excluding hydrogens is 218 g/mol. The van der Waals surface area contributed by atoms with E-state index in [1.165, 1.54) is 0 Å². The fourth-order valence-electron chi connectivity index (χ4n) is 1.86. The van der Waals surface area contributed by atoms with Gasteiger partial charge in [0.05, 0.1) is 0 Å². The lowest BCUT2D eigenvalue weighted by Gasteiger charge is -2.17. The molecule has 0 rings (SSSR count). The van der Waals surface area contributed by atoms with Crippen LogP contribution < -0.4 is 5.32 Å². The summed E-state index contributed by atoms with van der Waals surface area (Å²) in [6.07, 6.45) is 2.93. The van der Waals surface area contributed by atoms with Crippen molar-refractivity contribution in [3.63, 3.8) is 0 Å². The molecule has 0 fully saturated rings. The Kier molecular flexibility index (Phi) is 7.59. The van der Waals surface area contributed by atoms with Crippen LogP contribution in [0.15, 0.2) is 0 Å². The molecule has 0 radical (unpaired) electrons. The maximum Gasteiger partial charge on any atom is 0.326 e. The molecule has 2 atom stereocenters. The summed E-state index contributed by atoms with van der Waals surface area (Å²) in [6, 6.07) is -0.753. The quantitative estimate of drug-likeness (QED) is 0.688. The second-order valence-electron chi connectivity index (χ2n) is 5.19. The van der Waals surface area contributed by atoms with Crippen molar-refractivity contribution in [1.82, 2.24) is 5.32 Å². The lowest BCUT2D eigenvalue weighted by molar-refractivity contribution is -0.142. The van der Waals surface area contributed by atoms with Gasteiger partial charge in [0.2, 0.25) is 5.91 Å². The Labute approximate surface area is 104 Å². The van der Waals surface area contributed by atoms with E-state index in [1.54, 1.807) is 0 Å². The van der Waals surface area contributed by atoms with Crippen molar-refractivity contribution in [3.8, 4) is 0 Å². The van der Waals surface area contributed by atoms with E-state index in [0.717, 1.165) is 12.8 Å². The van der Waals surface area contributed by atoms with E-state index >= 15 is 0 Å². The molecule has 4 heteroatoms. The van der Waals surface area contributed by atoms with Crippen LogP contribution in [-0.4, -0.2) is 23.0 Å². The molecule has 0 aliphatic heterocycles. The Morgan fingerprint density at radius 2 is 1.82 bits per heavy atom.